The van der Waals surface area contributed by atoms with E-state index in [9.17, 15) is 9.59 Å². The number of aryl methyl sites for hydroxylation is 1. The molecule has 0 bridgehead atoms. The van der Waals surface area contributed by atoms with Gasteiger partial charge in [-0.3, -0.25) is 4.79 Å². The summed E-state index contributed by atoms with van der Waals surface area (Å²) in [4.78, 5) is 24.9. The molecule has 2 aromatic rings. The first-order valence-electron chi connectivity index (χ1n) is 5.11. The largest absolute Gasteiger partial charge is 0.478 e. The van der Waals surface area contributed by atoms with Crippen LogP contribution < -0.4 is 5.56 Å². The van der Waals surface area contributed by atoms with Crippen molar-refractivity contribution >= 4 is 5.97 Å². The maximum atomic E-state index is 11.7. The minimum Gasteiger partial charge on any atom is -0.478 e. The van der Waals surface area contributed by atoms with Crippen molar-refractivity contribution in [2.45, 2.75) is 6.92 Å². The molecule has 1 aromatic heterocycles. The number of carboxylic acids is 1. The molecule has 0 aliphatic rings. The summed E-state index contributed by atoms with van der Waals surface area (Å²) in [5.74, 6) is -1.06. The van der Waals surface area contributed by atoms with E-state index in [0.29, 0.717) is 11.1 Å². The zero-order valence-corrected chi connectivity index (χ0v) is 9.23. The lowest BCUT2D eigenvalue weighted by atomic mass is 10.0. The molecule has 0 amide bonds. The van der Waals surface area contributed by atoms with E-state index in [1.165, 1.54) is 12.3 Å². The van der Waals surface area contributed by atoms with E-state index < -0.39 is 5.97 Å². The molecule has 2 rings (SSSR count). The zero-order chi connectivity index (χ0) is 12.4. The summed E-state index contributed by atoms with van der Waals surface area (Å²) >= 11 is 0. The predicted molar refractivity (Wildman–Crippen MR) is 64.2 cm³/mol. The number of benzene rings is 1. The van der Waals surface area contributed by atoms with Gasteiger partial charge in [-0.2, -0.15) is 0 Å². The molecular formula is C13H11NO3. The molecule has 0 radical (unpaired) electrons. The van der Waals surface area contributed by atoms with Crippen LogP contribution in [-0.4, -0.2) is 16.1 Å². The molecule has 0 saturated heterocycles. The fourth-order valence-electron chi connectivity index (χ4n) is 1.63. The van der Waals surface area contributed by atoms with Crippen molar-refractivity contribution in [3.05, 3.63) is 58.0 Å². The number of hydrogen-bond acceptors (Lipinski definition) is 2. The highest BCUT2D eigenvalue weighted by Gasteiger charge is 2.08. The molecular weight excluding hydrogens is 218 g/mol. The first-order valence-corrected chi connectivity index (χ1v) is 5.11. The Balaban J connectivity index is 2.62. The molecule has 0 atom stereocenters. The number of carbonyl (C=O) groups is 1. The number of aromatic carboxylic acids is 1. The van der Waals surface area contributed by atoms with E-state index in [2.05, 4.69) is 4.98 Å². The number of hydrogen-bond donors (Lipinski definition) is 2. The lowest BCUT2D eigenvalue weighted by Crippen LogP contribution is -2.11. The third kappa shape index (κ3) is 2.25. The summed E-state index contributed by atoms with van der Waals surface area (Å²) in [5.41, 5.74) is 1.88. The van der Waals surface area contributed by atoms with Gasteiger partial charge < -0.3 is 10.1 Å². The number of aromatic amines is 1. The van der Waals surface area contributed by atoms with Gasteiger partial charge in [-0.05, 0) is 18.6 Å². The number of carboxylic acid groups (broad SMARTS) is 1. The topological polar surface area (TPSA) is 70.2 Å². The summed E-state index contributed by atoms with van der Waals surface area (Å²) in [7, 11) is 0. The second-order valence-electron chi connectivity index (χ2n) is 3.81. The van der Waals surface area contributed by atoms with Crippen molar-refractivity contribution in [2.24, 2.45) is 0 Å². The fourth-order valence-corrected chi connectivity index (χ4v) is 1.63. The Bertz CT molecular complexity index is 629. The highest BCUT2D eigenvalue weighted by atomic mass is 16.4. The normalized spacial score (nSPS) is 10.2. The molecule has 86 valence electrons. The van der Waals surface area contributed by atoms with E-state index in [1.54, 1.807) is 6.07 Å². The van der Waals surface area contributed by atoms with Gasteiger partial charge in [0.15, 0.2) is 0 Å². The van der Waals surface area contributed by atoms with Gasteiger partial charge in [-0.25, -0.2) is 4.79 Å². The lowest BCUT2D eigenvalue weighted by Gasteiger charge is -2.03. The van der Waals surface area contributed by atoms with Crippen molar-refractivity contribution in [3.8, 4) is 11.1 Å². The van der Waals surface area contributed by atoms with E-state index in [-0.39, 0.29) is 11.1 Å². The van der Waals surface area contributed by atoms with Crippen molar-refractivity contribution in [2.75, 3.05) is 0 Å². The molecule has 0 aliphatic heterocycles. The Labute approximate surface area is 97.6 Å². The van der Waals surface area contributed by atoms with Gasteiger partial charge in [0.1, 0.15) is 0 Å². The Morgan fingerprint density at radius 1 is 1.29 bits per heavy atom. The average Bonchev–Trinajstić information content (AvgIpc) is 2.29. The smallest absolute Gasteiger partial charge is 0.337 e. The van der Waals surface area contributed by atoms with Gasteiger partial charge >= 0.3 is 5.97 Å². The third-order valence-electron chi connectivity index (χ3n) is 2.48. The van der Waals surface area contributed by atoms with Crippen LogP contribution in [0.25, 0.3) is 11.1 Å². The van der Waals surface area contributed by atoms with E-state index in [0.717, 1.165) is 5.56 Å². The van der Waals surface area contributed by atoms with Gasteiger partial charge in [0.05, 0.1) is 5.56 Å². The SMILES string of the molecule is Cc1cccc(-c2cc(C(=O)O)c[nH]c2=O)c1. The van der Waals surface area contributed by atoms with E-state index >= 15 is 0 Å². The van der Waals surface area contributed by atoms with Crippen LogP contribution in [0, 0.1) is 6.92 Å². The van der Waals surface area contributed by atoms with Crippen molar-refractivity contribution in [3.63, 3.8) is 0 Å². The Morgan fingerprint density at radius 2 is 2.06 bits per heavy atom. The van der Waals surface area contributed by atoms with Crippen molar-refractivity contribution < 1.29 is 9.90 Å². The molecule has 4 nitrogen and oxygen atoms in total. The second-order valence-corrected chi connectivity index (χ2v) is 3.81. The second kappa shape index (κ2) is 4.25. The monoisotopic (exact) mass is 229 g/mol. The molecule has 2 N–H and O–H groups in total. The van der Waals surface area contributed by atoms with Crippen LogP contribution in [0.1, 0.15) is 15.9 Å². The zero-order valence-electron chi connectivity index (χ0n) is 9.23. The first kappa shape index (κ1) is 11.1. The molecule has 1 aromatic carbocycles. The van der Waals surface area contributed by atoms with Crippen LogP contribution in [0.4, 0.5) is 0 Å². The number of rotatable bonds is 2. The first-order chi connectivity index (χ1) is 8.08. The van der Waals surface area contributed by atoms with Gasteiger partial charge in [0, 0.05) is 11.8 Å². The highest BCUT2D eigenvalue weighted by Crippen LogP contribution is 2.17. The Kier molecular flexibility index (Phi) is 2.78. The number of H-pyrrole nitrogens is 1. The molecule has 0 aliphatic carbocycles. The molecule has 0 fully saturated rings. The Hall–Kier alpha value is -2.36. The molecule has 17 heavy (non-hydrogen) atoms. The van der Waals surface area contributed by atoms with Gasteiger partial charge in [0.25, 0.3) is 5.56 Å². The summed E-state index contributed by atoms with van der Waals surface area (Å²) in [5, 5.41) is 8.88. The molecule has 4 heteroatoms. The van der Waals surface area contributed by atoms with Crippen LogP contribution in [-0.2, 0) is 0 Å². The maximum absolute atomic E-state index is 11.7. The van der Waals surface area contributed by atoms with Gasteiger partial charge in [-0.15, -0.1) is 0 Å². The van der Waals surface area contributed by atoms with Crippen molar-refractivity contribution in [1.82, 2.24) is 4.98 Å². The van der Waals surface area contributed by atoms with Crippen LogP contribution in [0.5, 0.6) is 0 Å². The quantitative estimate of drug-likeness (QED) is 0.827. The Morgan fingerprint density at radius 3 is 2.71 bits per heavy atom. The minimum absolute atomic E-state index is 0.0705. The molecule has 0 saturated carbocycles. The highest BCUT2D eigenvalue weighted by molar-refractivity contribution is 5.88. The lowest BCUT2D eigenvalue weighted by molar-refractivity contribution is 0.0696. The number of nitrogens with one attached hydrogen (secondary N) is 1. The molecule has 0 unspecified atom stereocenters. The van der Waals surface area contributed by atoms with Gasteiger partial charge in [0.2, 0.25) is 0 Å². The van der Waals surface area contributed by atoms with Crippen LogP contribution in [0.2, 0.25) is 0 Å². The molecule has 1 heterocycles. The minimum atomic E-state index is -1.06. The summed E-state index contributed by atoms with van der Waals surface area (Å²) in [6.07, 6.45) is 1.20. The number of pyridine rings is 1. The summed E-state index contributed by atoms with van der Waals surface area (Å²) in [6.45, 7) is 1.92. The molecule has 0 spiro atoms. The maximum Gasteiger partial charge on any atom is 0.337 e. The summed E-state index contributed by atoms with van der Waals surface area (Å²) in [6, 6.07) is 8.76. The van der Waals surface area contributed by atoms with Crippen LogP contribution in [0.3, 0.4) is 0 Å². The summed E-state index contributed by atoms with van der Waals surface area (Å²) < 4.78 is 0. The van der Waals surface area contributed by atoms with Crippen LogP contribution >= 0.6 is 0 Å². The van der Waals surface area contributed by atoms with E-state index in [1.807, 2.05) is 25.1 Å². The van der Waals surface area contributed by atoms with Crippen molar-refractivity contribution in [1.29, 1.82) is 0 Å². The van der Waals surface area contributed by atoms with E-state index in [4.69, 9.17) is 5.11 Å². The fraction of sp³-hybridized carbons (Fsp3) is 0.0769. The number of aromatic nitrogens is 1. The van der Waals surface area contributed by atoms with Gasteiger partial charge in [-0.1, -0.05) is 29.8 Å². The average molecular weight is 229 g/mol. The van der Waals surface area contributed by atoms with Crippen LogP contribution in [0.15, 0.2) is 41.3 Å². The third-order valence-corrected chi connectivity index (χ3v) is 2.48. The predicted octanol–water partition coefficient (Wildman–Crippen LogP) is 2.05. The standard InChI is InChI=1S/C13H11NO3/c1-8-3-2-4-9(5-8)11-6-10(13(16)17)7-14-12(11)15/h2-7H,1H3,(H,14,15)(H,16,17).